The predicted molar refractivity (Wildman–Crippen MR) is 128 cm³/mol. The molecule has 36 heavy (non-hydrogen) atoms. The molecule has 9 heteroatoms. The minimum Gasteiger partial charge on any atom is -0.443 e. The molecule has 6 fully saturated rings. The quantitative estimate of drug-likeness (QED) is 0.366. The van der Waals surface area contributed by atoms with E-state index in [4.69, 9.17) is 18.9 Å². The Morgan fingerprint density at radius 2 is 1.86 bits per heavy atom. The molecular weight excluding hydrogens is 470 g/mol. The minimum atomic E-state index is -2.42. The van der Waals surface area contributed by atoms with E-state index in [-0.39, 0.29) is 41.5 Å². The van der Waals surface area contributed by atoms with Crippen LogP contribution >= 0.6 is 0 Å². The molecule has 1 spiro atoms. The fourth-order valence-corrected chi connectivity index (χ4v) is 7.31. The van der Waals surface area contributed by atoms with Gasteiger partial charge in [-0.15, -0.1) is 0 Å². The molecule has 0 N–H and O–H groups in total. The Morgan fingerprint density at radius 3 is 2.47 bits per heavy atom. The van der Waals surface area contributed by atoms with Crippen molar-refractivity contribution in [2.45, 2.75) is 81.9 Å². The molecule has 6 unspecified atom stereocenters. The van der Waals surface area contributed by atoms with E-state index in [0.717, 1.165) is 25.8 Å². The first-order chi connectivity index (χ1) is 17.1. The van der Waals surface area contributed by atoms with E-state index in [0.29, 0.717) is 45.1 Å². The predicted octanol–water partition coefficient (Wildman–Crippen LogP) is 3.72. The average Bonchev–Trinajstić information content (AvgIpc) is 3.72. The second-order valence-electron chi connectivity index (χ2n) is 12.5. The number of halogens is 2. The number of alkyl halides is 2. The van der Waals surface area contributed by atoms with Crippen molar-refractivity contribution in [3.8, 4) is 0 Å². The first kappa shape index (κ1) is 25.0. The first-order valence-electron chi connectivity index (χ1n) is 13.6. The van der Waals surface area contributed by atoms with Crippen LogP contribution in [0.2, 0.25) is 0 Å². The maximum Gasteiger partial charge on any atom is 0.410 e. The number of rotatable bonds is 8. The topological polar surface area (TPSA) is 67.1 Å². The highest BCUT2D eigenvalue weighted by molar-refractivity contribution is 5.69. The van der Waals surface area contributed by atoms with Crippen LogP contribution in [0.4, 0.5) is 13.6 Å². The lowest BCUT2D eigenvalue weighted by atomic mass is 9.68. The zero-order chi connectivity index (χ0) is 25.5. The van der Waals surface area contributed by atoms with Gasteiger partial charge in [-0.05, 0) is 58.9 Å². The molecule has 0 aromatic heterocycles. The summed E-state index contributed by atoms with van der Waals surface area (Å²) in [6, 6.07) is 0. The standard InChI is InChI=1S/C27H40F2N2O5/c1-16(2)5-6-21-25(3,36-21)23-22(33-4)20(7-9-26(23)15-34-26)35-24(32)31-11-17(12-31)8-10-30-13-18-19(14-30)27(18,28)29/h5,17-23H,6-15H2,1-4H3/t18?,19?,20?,21-,22?,23?,25+,26?/m1/s1. The highest BCUT2D eigenvalue weighted by Gasteiger charge is 2.73. The van der Waals surface area contributed by atoms with Gasteiger partial charge in [0.1, 0.15) is 23.4 Å². The fourth-order valence-electron chi connectivity index (χ4n) is 7.31. The number of piperidine rings is 1. The molecule has 1 amide bonds. The number of ether oxygens (including phenoxy) is 4. The number of amides is 1. The SMILES string of the molecule is COC1C(OC(=O)N2CC(CCN3CC4C(C3)C4(F)F)C2)CCC2(CO2)C1[C@@]1(C)O[C@@H]1CC=C(C)C. The van der Waals surface area contributed by atoms with E-state index in [1.54, 1.807) is 12.0 Å². The van der Waals surface area contributed by atoms with Crippen molar-refractivity contribution < 1.29 is 32.5 Å². The third kappa shape index (κ3) is 4.18. The maximum absolute atomic E-state index is 13.4. The van der Waals surface area contributed by atoms with Gasteiger partial charge >= 0.3 is 6.09 Å². The van der Waals surface area contributed by atoms with Crippen LogP contribution in [0.5, 0.6) is 0 Å². The molecule has 2 aliphatic carbocycles. The Labute approximate surface area is 212 Å². The summed E-state index contributed by atoms with van der Waals surface area (Å²) in [6.45, 7) is 10.2. The van der Waals surface area contributed by atoms with E-state index in [9.17, 15) is 13.6 Å². The lowest BCUT2D eigenvalue weighted by Gasteiger charge is -2.44. The molecule has 202 valence electrons. The van der Waals surface area contributed by atoms with Crippen molar-refractivity contribution in [3.63, 3.8) is 0 Å². The van der Waals surface area contributed by atoms with E-state index >= 15 is 0 Å². The summed E-state index contributed by atoms with van der Waals surface area (Å²) in [7, 11) is 1.69. The molecule has 0 bridgehead atoms. The van der Waals surface area contributed by atoms with Crippen molar-refractivity contribution >= 4 is 6.09 Å². The van der Waals surface area contributed by atoms with E-state index in [1.807, 2.05) is 0 Å². The molecule has 4 saturated heterocycles. The number of hydrogen-bond acceptors (Lipinski definition) is 6. The van der Waals surface area contributed by atoms with Crippen molar-refractivity contribution in [1.82, 2.24) is 9.80 Å². The van der Waals surface area contributed by atoms with Gasteiger partial charge in [0.25, 0.3) is 5.92 Å². The summed E-state index contributed by atoms with van der Waals surface area (Å²) >= 11 is 0. The third-order valence-corrected chi connectivity index (χ3v) is 9.83. The second kappa shape index (κ2) is 8.61. The van der Waals surface area contributed by atoms with Gasteiger partial charge in [0.15, 0.2) is 0 Å². The number of nitrogens with zero attached hydrogens (tertiary/aromatic N) is 2. The minimum absolute atomic E-state index is 0.0142. The van der Waals surface area contributed by atoms with Crippen LogP contribution < -0.4 is 0 Å². The Kier molecular flexibility index (Phi) is 5.98. The molecule has 8 atom stereocenters. The van der Waals surface area contributed by atoms with Gasteiger partial charge < -0.3 is 28.7 Å². The highest BCUT2D eigenvalue weighted by Crippen LogP contribution is 2.60. The number of carbonyl (C=O) groups is 1. The second-order valence-corrected chi connectivity index (χ2v) is 12.5. The molecule has 0 aromatic rings. The zero-order valence-electron chi connectivity index (χ0n) is 21.9. The van der Waals surface area contributed by atoms with Gasteiger partial charge in [0, 0.05) is 45.1 Å². The molecule has 0 aromatic carbocycles. The van der Waals surface area contributed by atoms with Crippen molar-refractivity contribution in [1.29, 1.82) is 0 Å². The lowest BCUT2D eigenvalue weighted by Crippen LogP contribution is -2.57. The van der Waals surface area contributed by atoms with Crippen molar-refractivity contribution in [2.24, 2.45) is 23.7 Å². The van der Waals surface area contributed by atoms with Crippen LogP contribution in [0.3, 0.4) is 0 Å². The van der Waals surface area contributed by atoms with E-state index in [2.05, 4.69) is 31.7 Å². The van der Waals surface area contributed by atoms with Crippen LogP contribution in [0.1, 0.15) is 46.5 Å². The maximum atomic E-state index is 13.4. The van der Waals surface area contributed by atoms with Crippen molar-refractivity contribution in [3.05, 3.63) is 11.6 Å². The van der Waals surface area contributed by atoms with Crippen LogP contribution in [-0.4, -0.2) is 97.8 Å². The average molecular weight is 511 g/mol. The number of allylic oxidation sites excluding steroid dienone is 1. The molecule has 4 heterocycles. The smallest absolute Gasteiger partial charge is 0.410 e. The Hall–Kier alpha value is -1.29. The Balaban J connectivity index is 0.994. The van der Waals surface area contributed by atoms with E-state index < -0.39 is 17.8 Å². The zero-order valence-corrected chi connectivity index (χ0v) is 21.9. The highest BCUT2D eigenvalue weighted by atomic mass is 19.3. The number of fused-ring (bicyclic) bond motifs is 1. The van der Waals surface area contributed by atoms with Gasteiger partial charge in [0.05, 0.1) is 18.6 Å². The third-order valence-electron chi connectivity index (χ3n) is 9.83. The number of carbonyl (C=O) groups excluding carboxylic acids is 1. The largest absolute Gasteiger partial charge is 0.443 e. The summed E-state index contributed by atoms with van der Waals surface area (Å²) in [4.78, 5) is 16.9. The van der Waals surface area contributed by atoms with Gasteiger partial charge in [-0.2, -0.15) is 0 Å². The molecule has 4 aliphatic heterocycles. The molecule has 6 aliphatic rings. The van der Waals surface area contributed by atoms with Gasteiger partial charge in [0.2, 0.25) is 0 Å². The van der Waals surface area contributed by atoms with E-state index in [1.165, 1.54) is 5.57 Å². The van der Waals surface area contributed by atoms with Crippen LogP contribution in [-0.2, 0) is 18.9 Å². The molecule has 0 radical (unpaired) electrons. The van der Waals surface area contributed by atoms with Crippen LogP contribution in [0, 0.1) is 23.7 Å². The first-order valence-corrected chi connectivity index (χ1v) is 13.6. The van der Waals surface area contributed by atoms with Gasteiger partial charge in [-0.1, -0.05) is 11.6 Å². The van der Waals surface area contributed by atoms with Gasteiger partial charge in [-0.3, -0.25) is 0 Å². The van der Waals surface area contributed by atoms with Gasteiger partial charge in [-0.25, -0.2) is 13.6 Å². The van der Waals surface area contributed by atoms with Crippen molar-refractivity contribution in [2.75, 3.05) is 46.4 Å². The normalized spacial score (nSPS) is 44.7. The molecule has 6 rings (SSSR count). The Bertz CT molecular complexity index is 902. The number of epoxide rings is 2. The summed E-state index contributed by atoms with van der Waals surface area (Å²) in [5.41, 5.74) is 0.686. The molecule has 2 saturated carbocycles. The monoisotopic (exact) mass is 510 g/mol. The number of hydrogen-bond donors (Lipinski definition) is 0. The number of likely N-dealkylation sites (tertiary alicyclic amines) is 2. The molecule has 7 nitrogen and oxygen atoms in total. The van der Waals surface area contributed by atoms with Crippen LogP contribution in [0.15, 0.2) is 11.6 Å². The lowest BCUT2D eigenvalue weighted by molar-refractivity contribution is -0.124. The molecular formula is C27H40F2N2O5. The fraction of sp³-hybridized carbons (Fsp3) is 0.889. The number of methoxy groups -OCH3 is 1. The summed E-state index contributed by atoms with van der Waals surface area (Å²) in [6.07, 6.45) is 4.79. The Morgan fingerprint density at radius 1 is 1.17 bits per heavy atom. The summed E-state index contributed by atoms with van der Waals surface area (Å²) < 4.78 is 51.0. The summed E-state index contributed by atoms with van der Waals surface area (Å²) in [5.74, 6) is -2.86. The summed E-state index contributed by atoms with van der Waals surface area (Å²) in [5, 5.41) is 0. The van der Waals surface area contributed by atoms with Crippen LogP contribution in [0.25, 0.3) is 0 Å².